The summed E-state index contributed by atoms with van der Waals surface area (Å²) in [4.78, 5) is 8.54. The molecule has 3 nitrogen and oxygen atoms in total. The predicted octanol–water partition coefficient (Wildman–Crippen LogP) is 2.49. The maximum Gasteiger partial charge on any atom is 0.159 e. The highest BCUT2D eigenvalue weighted by molar-refractivity contribution is 5.59. The summed E-state index contributed by atoms with van der Waals surface area (Å²) in [6, 6.07) is 8.05. The van der Waals surface area contributed by atoms with Crippen LogP contribution >= 0.6 is 0 Å². The van der Waals surface area contributed by atoms with Gasteiger partial charge in [-0.3, -0.25) is 0 Å². The number of nitrogens with zero attached hydrogens (tertiary/aromatic N) is 2. The van der Waals surface area contributed by atoms with Gasteiger partial charge in [-0.1, -0.05) is 0 Å². The summed E-state index contributed by atoms with van der Waals surface area (Å²) >= 11 is 0. The molecule has 0 radical (unpaired) electrons. The summed E-state index contributed by atoms with van der Waals surface area (Å²) in [7, 11) is 1.90. The Morgan fingerprint density at radius 1 is 1.00 bits per heavy atom. The van der Waals surface area contributed by atoms with Gasteiger partial charge in [0.1, 0.15) is 0 Å². The molecule has 0 amide bonds. The van der Waals surface area contributed by atoms with E-state index in [1.54, 1.807) is 0 Å². The van der Waals surface area contributed by atoms with Crippen LogP contribution in [0.2, 0.25) is 0 Å². The van der Waals surface area contributed by atoms with E-state index in [4.69, 9.17) is 0 Å². The fourth-order valence-corrected chi connectivity index (χ4v) is 1.33. The van der Waals surface area contributed by atoms with Gasteiger partial charge in [0.15, 0.2) is 5.82 Å². The molecule has 0 aliphatic heterocycles. The highest BCUT2D eigenvalue weighted by Crippen LogP contribution is 2.17. The van der Waals surface area contributed by atoms with Crippen LogP contribution in [0.3, 0.4) is 0 Å². The van der Waals surface area contributed by atoms with E-state index in [1.165, 1.54) is 0 Å². The average Bonchev–Trinajstić information content (AvgIpc) is 2.30. The Bertz CT molecular complexity index is 431. The van der Waals surface area contributed by atoms with Crippen molar-refractivity contribution in [2.24, 2.45) is 0 Å². The minimum Gasteiger partial charge on any atom is -0.388 e. The van der Waals surface area contributed by atoms with E-state index in [-0.39, 0.29) is 0 Å². The first kappa shape index (κ1) is 9.65. The number of hydrogen-bond acceptors (Lipinski definition) is 3. The molecule has 0 saturated heterocycles. The van der Waals surface area contributed by atoms with E-state index < -0.39 is 0 Å². The lowest BCUT2D eigenvalue weighted by atomic mass is 10.2. The Hall–Kier alpha value is -1.90. The first-order valence-electron chi connectivity index (χ1n) is 4.86. The average molecular weight is 199 g/mol. The van der Waals surface area contributed by atoms with Crippen LogP contribution in [0.5, 0.6) is 0 Å². The van der Waals surface area contributed by atoms with Gasteiger partial charge >= 0.3 is 0 Å². The Morgan fingerprint density at radius 2 is 1.60 bits per heavy atom. The van der Waals surface area contributed by atoms with Crippen LogP contribution in [-0.2, 0) is 0 Å². The summed E-state index contributed by atoms with van der Waals surface area (Å²) in [6.45, 7) is 1.98. The van der Waals surface area contributed by atoms with E-state index in [2.05, 4.69) is 15.3 Å². The minimum atomic E-state index is 0.767. The molecular weight excluding hydrogens is 186 g/mol. The Balaban J connectivity index is 2.33. The first-order chi connectivity index (χ1) is 7.29. The third-order valence-corrected chi connectivity index (χ3v) is 2.21. The van der Waals surface area contributed by atoms with Crippen molar-refractivity contribution >= 4 is 5.69 Å². The number of hydrogen-bond donors (Lipinski definition) is 1. The molecule has 1 N–H and O–H groups in total. The Labute approximate surface area is 89.2 Å². The SMILES string of the molecule is CNc1ccc(-c2ncc(C)cn2)cc1. The number of benzene rings is 1. The Kier molecular flexibility index (Phi) is 2.63. The molecule has 0 bridgehead atoms. The predicted molar refractivity (Wildman–Crippen MR) is 61.8 cm³/mol. The molecule has 15 heavy (non-hydrogen) atoms. The molecule has 76 valence electrons. The van der Waals surface area contributed by atoms with Crippen molar-refractivity contribution in [1.82, 2.24) is 9.97 Å². The smallest absolute Gasteiger partial charge is 0.159 e. The molecule has 0 aliphatic carbocycles. The van der Waals surface area contributed by atoms with Gasteiger partial charge in [-0.05, 0) is 36.8 Å². The fourth-order valence-electron chi connectivity index (χ4n) is 1.33. The lowest BCUT2D eigenvalue weighted by molar-refractivity contribution is 1.14. The molecule has 0 fully saturated rings. The maximum atomic E-state index is 4.27. The second kappa shape index (κ2) is 4.09. The zero-order valence-corrected chi connectivity index (χ0v) is 8.86. The molecule has 2 rings (SSSR count). The highest BCUT2D eigenvalue weighted by Gasteiger charge is 1.99. The van der Waals surface area contributed by atoms with Crippen molar-refractivity contribution in [3.05, 3.63) is 42.2 Å². The van der Waals surface area contributed by atoms with Gasteiger partial charge in [-0.25, -0.2) is 9.97 Å². The van der Waals surface area contributed by atoms with Gasteiger partial charge in [-0.2, -0.15) is 0 Å². The van der Waals surface area contributed by atoms with Crippen LogP contribution in [0.15, 0.2) is 36.7 Å². The topological polar surface area (TPSA) is 37.8 Å². The molecule has 0 spiro atoms. The van der Waals surface area contributed by atoms with Crippen molar-refractivity contribution in [3.8, 4) is 11.4 Å². The van der Waals surface area contributed by atoms with E-state index >= 15 is 0 Å². The van der Waals surface area contributed by atoms with Gasteiger partial charge in [0.25, 0.3) is 0 Å². The largest absolute Gasteiger partial charge is 0.388 e. The normalized spacial score (nSPS) is 10.0. The summed E-state index contributed by atoms with van der Waals surface area (Å²) in [5, 5.41) is 3.07. The molecule has 1 aromatic heterocycles. The summed E-state index contributed by atoms with van der Waals surface area (Å²) in [5.74, 6) is 0.767. The molecule has 0 atom stereocenters. The molecule has 0 aliphatic rings. The van der Waals surface area contributed by atoms with Gasteiger partial charge in [0.2, 0.25) is 0 Å². The van der Waals surface area contributed by atoms with Crippen LogP contribution in [0.4, 0.5) is 5.69 Å². The highest BCUT2D eigenvalue weighted by atomic mass is 14.9. The second-order valence-electron chi connectivity index (χ2n) is 3.41. The fraction of sp³-hybridized carbons (Fsp3) is 0.167. The van der Waals surface area contributed by atoms with Crippen LogP contribution in [0, 0.1) is 6.92 Å². The quantitative estimate of drug-likeness (QED) is 0.807. The van der Waals surface area contributed by atoms with E-state index in [1.807, 2.05) is 50.6 Å². The van der Waals surface area contributed by atoms with Gasteiger partial charge in [0, 0.05) is 30.7 Å². The van der Waals surface area contributed by atoms with Crippen molar-refractivity contribution < 1.29 is 0 Å². The first-order valence-corrected chi connectivity index (χ1v) is 4.86. The van der Waals surface area contributed by atoms with Crippen LogP contribution in [0.1, 0.15) is 5.56 Å². The number of rotatable bonds is 2. The maximum absolute atomic E-state index is 4.27. The number of aryl methyl sites for hydroxylation is 1. The zero-order valence-electron chi connectivity index (χ0n) is 8.86. The summed E-state index contributed by atoms with van der Waals surface area (Å²) in [5.41, 5.74) is 3.20. The number of anilines is 1. The van der Waals surface area contributed by atoms with Gasteiger partial charge in [0.05, 0.1) is 0 Å². The Morgan fingerprint density at radius 3 is 2.13 bits per heavy atom. The lowest BCUT2D eigenvalue weighted by Crippen LogP contribution is -1.90. The van der Waals surface area contributed by atoms with Crippen molar-refractivity contribution in [2.45, 2.75) is 6.92 Å². The van der Waals surface area contributed by atoms with E-state index in [9.17, 15) is 0 Å². The molecule has 2 aromatic rings. The molecule has 1 aromatic carbocycles. The van der Waals surface area contributed by atoms with Crippen molar-refractivity contribution in [1.29, 1.82) is 0 Å². The van der Waals surface area contributed by atoms with Gasteiger partial charge < -0.3 is 5.32 Å². The third kappa shape index (κ3) is 2.13. The zero-order chi connectivity index (χ0) is 10.7. The monoisotopic (exact) mass is 199 g/mol. The third-order valence-electron chi connectivity index (χ3n) is 2.21. The molecule has 1 heterocycles. The standard InChI is InChI=1S/C12H13N3/c1-9-7-14-12(15-8-9)10-3-5-11(13-2)6-4-10/h3-8,13H,1-2H3. The van der Waals surface area contributed by atoms with Gasteiger partial charge in [-0.15, -0.1) is 0 Å². The van der Waals surface area contributed by atoms with E-state index in [0.717, 1.165) is 22.6 Å². The number of nitrogens with one attached hydrogen (secondary N) is 1. The van der Waals surface area contributed by atoms with Crippen molar-refractivity contribution in [2.75, 3.05) is 12.4 Å². The molecule has 0 unspecified atom stereocenters. The summed E-state index contributed by atoms with van der Waals surface area (Å²) in [6.07, 6.45) is 3.66. The molecular formula is C12H13N3. The minimum absolute atomic E-state index is 0.767. The molecule has 3 heteroatoms. The second-order valence-corrected chi connectivity index (χ2v) is 3.41. The van der Waals surface area contributed by atoms with Crippen molar-refractivity contribution in [3.63, 3.8) is 0 Å². The number of aromatic nitrogens is 2. The summed E-state index contributed by atoms with van der Waals surface area (Å²) < 4.78 is 0. The van der Waals surface area contributed by atoms with Crippen LogP contribution < -0.4 is 5.32 Å². The molecule has 0 saturated carbocycles. The van der Waals surface area contributed by atoms with Crippen LogP contribution in [0.25, 0.3) is 11.4 Å². The van der Waals surface area contributed by atoms with E-state index in [0.29, 0.717) is 0 Å². The lowest BCUT2D eigenvalue weighted by Gasteiger charge is -2.02. The van der Waals surface area contributed by atoms with Crippen LogP contribution in [-0.4, -0.2) is 17.0 Å².